The molecule has 16 heavy (non-hydrogen) atoms. The first-order valence-electron chi connectivity index (χ1n) is 5.30. The van der Waals surface area contributed by atoms with Crippen molar-refractivity contribution >= 4 is 29.0 Å². The minimum absolute atomic E-state index is 0.0761. The lowest BCUT2D eigenvalue weighted by molar-refractivity contribution is 0.0944. The van der Waals surface area contributed by atoms with Gasteiger partial charge in [0, 0.05) is 18.5 Å². The Morgan fingerprint density at radius 1 is 1.69 bits per heavy atom. The smallest absolute Gasteiger partial charge is 0.270 e. The van der Waals surface area contributed by atoms with E-state index in [1.54, 1.807) is 5.38 Å². The van der Waals surface area contributed by atoms with Gasteiger partial charge in [0.25, 0.3) is 5.91 Å². The number of nitrogens with zero attached hydrogens (tertiary/aromatic N) is 1. The summed E-state index contributed by atoms with van der Waals surface area (Å²) in [6.45, 7) is 1.17. The maximum absolute atomic E-state index is 11.7. The van der Waals surface area contributed by atoms with Gasteiger partial charge in [0.15, 0.2) is 0 Å². The molecular weight excluding hydrogens is 242 g/mol. The number of hydrogen-bond acceptors (Lipinski definition) is 5. The van der Waals surface area contributed by atoms with Crippen molar-refractivity contribution in [3.05, 3.63) is 16.1 Å². The van der Waals surface area contributed by atoms with E-state index in [1.165, 1.54) is 23.5 Å². The molecule has 1 aliphatic rings. The summed E-state index contributed by atoms with van der Waals surface area (Å²) in [6, 6.07) is 0. The summed E-state index contributed by atoms with van der Waals surface area (Å²) in [5, 5.41) is 5.50. The number of amides is 1. The van der Waals surface area contributed by atoms with Crippen molar-refractivity contribution in [2.45, 2.75) is 13.0 Å². The van der Waals surface area contributed by atoms with Crippen molar-refractivity contribution in [1.29, 1.82) is 0 Å². The van der Waals surface area contributed by atoms with Crippen molar-refractivity contribution in [2.24, 2.45) is 11.7 Å². The highest BCUT2D eigenvalue weighted by atomic mass is 32.2. The average Bonchev–Trinajstić information content (AvgIpc) is 2.96. The van der Waals surface area contributed by atoms with E-state index in [2.05, 4.69) is 10.3 Å². The van der Waals surface area contributed by atoms with Crippen LogP contribution in [0.3, 0.4) is 0 Å². The molecule has 1 aliphatic heterocycles. The van der Waals surface area contributed by atoms with Crippen LogP contribution in [0.25, 0.3) is 0 Å². The number of carbonyl (C=O) groups is 1. The fourth-order valence-corrected chi connectivity index (χ4v) is 3.52. The summed E-state index contributed by atoms with van der Waals surface area (Å²) in [5.74, 6) is 2.93. The van der Waals surface area contributed by atoms with Gasteiger partial charge in [-0.1, -0.05) is 0 Å². The van der Waals surface area contributed by atoms with Gasteiger partial charge in [-0.05, 0) is 23.8 Å². The van der Waals surface area contributed by atoms with Crippen LogP contribution in [0.5, 0.6) is 0 Å². The molecule has 1 aromatic rings. The van der Waals surface area contributed by atoms with E-state index in [1.807, 2.05) is 11.8 Å². The Morgan fingerprint density at radius 3 is 3.19 bits per heavy atom. The van der Waals surface area contributed by atoms with Crippen molar-refractivity contribution in [1.82, 2.24) is 10.3 Å². The summed E-state index contributed by atoms with van der Waals surface area (Å²) in [4.78, 5) is 15.9. The lowest BCUT2D eigenvalue weighted by Crippen LogP contribution is -2.29. The first-order chi connectivity index (χ1) is 7.79. The van der Waals surface area contributed by atoms with E-state index in [9.17, 15) is 4.79 Å². The van der Waals surface area contributed by atoms with Gasteiger partial charge < -0.3 is 11.1 Å². The van der Waals surface area contributed by atoms with E-state index in [0.717, 1.165) is 17.3 Å². The van der Waals surface area contributed by atoms with Gasteiger partial charge in [-0.25, -0.2) is 4.98 Å². The van der Waals surface area contributed by atoms with Crippen LogP contribution in [0.1, 0.15) is 21.9 Å². The highest BCUT2D eigenvalue weighted by Gasteiger charge is 2.17. The molecule has 0 saturated carbocycles. The molecule has 0 bridgehead atoms. The van der Waals surface area contributed by atoms with Crippen LogP contribution in [0, 0.1) is 5.92 Å². The maximum Gasteiger partial charge on any atom is 0.270 e. The summed E-state index contributed by atoms with van der Waals surface area (Å²) in [7, 11) is 0. The molecule has 4 nitrogen and oxygen atoms in total. The second-order valence-electron chi connectivity index (χ2n) is 3.77. The number of nitrogens with two attached hydrogens (primary N) is 1. The number of thiazole rings is 1. The zero-order valence-electron chi connectivity index (χ0n) is 8.94. The lowest BCUT2D eigenvalue weighted by Gasteiger charge is -2.08. The topological polar surface area (TPSA) is 68.0 Å². The molecule has 1 aromatic heterocycles. The molecule has 88 valence electrons. The predicted octanol–water partition coefficient (Wildman–Crippen LogP) is 1.08. The third-order valence-electron chi connectivity index (χ3n) is 2.53. The minimum Gasteiger partial charge on any atom is -0.350 e. The number of thioether (sulfide) groups is 1. The highest BCUT2D eigenvalue weighted by molar-refractivity contribution is 7.99. The van der Waals surface area contributed by atoms with Crippen molar-refractivity contribution in [3.8, 4) is 0 Å². The summed E-state index contributed by atoms with van der Waals surface area (Å²) < 4.78 is 0. The second kappa shape index (κ2) is 5.65. The Balaban J connectivity index is 1.82. The average molecular weight is 257 g/mol. The molecule has 0 spiro atoms. The normalized spacial score (nSPS) is 19.9. The molecule has 2 rings (SSSR count). The zero-order chi connectivity index (χ0) is 11.4. The van der Waals surface area contributed by atoms with E-state index >= 15 is 0 Å². The van der Waals surface area contributed by atoms with Gasteiger partial charge in [0.05, 0.1) is 0 Å². The fraction of sp³-hybridized carbons (Fsp3) is 0.600. The van der Waals surface area contributed by atoms with Crippen molar-refractivity contribution in [2.75, 3.05) is 18.1 Å². The minimum atomic E-state index is -0.0761. The quantitative estimate of drug-likeness (QED) is 0.847. The third-order valence-corrected chi connectivity index (χ3v) is 4.64. The fourth-order valence-electron chi connectivity index (χ4n) is 1.58. The number of rotatable bonds is 4. The molecule has 3 N–H and O–H groups in total. The number of carbonyl (C=O) groups excluding carboxylic acids is 1. The van der Waals surface area contributed by atoms with Crippen LogP contribution in [0.4, 0.5) is 0 Å². The van der Waals surface area contributed by atoms with Crippen LogP contribution in [-0.2, 0) is 6.54 Å². The monoisotopic (exact) mass is 257 g/mol. The van der Waals surface area contributed by atoms with Gasteiger partial charge >= 0.3 is 0 Å². The van der Waals surface area contributed by atoms with Crippen LogP contribution in [0.2, 0.25) is 0 Å². The van der Waals surface area contributed by atoms with Crippen LogP contribution < -0.4 is 11.1 Å². The van der Waals surface area contributed by atoms with Gasteiger partial charge in [-0.3, -0.25) is 4.79 Å². The Morgan fingerprint density at radius 2 is 2.56 bits per heavy atom. The molecule has 1 fully saturated rings. The standard InChI is InChI=1S/C10H15N3OS2/c11-3-9-13-8(6-16-9)10(14)12-4-7-1-2-15-5-7/h6-7H,1-5,11H2,(H,12,14). The zero-order valence-corrected chi connectivity index (χ0v) is 10.6. The molecule has 1 unspecified atom stereocenters. The molecule has 0 aliphatic carbocycles. The van der Waals surface area contributed by atoms with E-state index in [0.29, 0.717) is 18.2 Å². The second-order valence-corrected chi connectivity index (χ2v) is 5.86. The Hall–Kier alpha value is -0.590. The van der Waals surface area contributed by atoms with Crippen LogP contribution >= 0.6 is 23.1 Å². The highest BCUT2D eigenvalue weighted by Crippen LogP contribution is 2.22. The molecular formula is C10H15N3OS2. The molecule has 0 radical (unpaired) electrons. The summed E-state index contributed by atoms with van der Waals surface area (Å²) >= 11 is 3.39. The number of nitrogens with one attached hydrogen (secondary N) is 1. The van der Waals surface area contributed by atoms with Gasteiger partial charge in [-0.2, -0.15) is 11.8 Å². The van der Waals surface area contributed by atoms with Gasteiger partial charge in [0.2, 0.25) is 0 Å². The predicted molar refractivity (Wildman–Crippen MR) is 67.8 cm³/mol. The molecule has 6 heteroatoms. The number of aromatic nitrogens is 1. The Labute approximate surface area is 103 Å². The first kappa shape index (κ1) is 11.9. The molecule has 1 saturated heterocycles. The van der Waals surface area contributed by atoms with E-state index < -0.39 is 0 Å². The van der Waals surface area contributed by atoms with Gasteiger partial charge in [-0.15, -0.1) is 11.3 Å². The summed E-state index contributed by atoms with van der Waals surface area (Å²) in [5.41, 5.74) is 5.95. The molecule has 1 atom stereocenters. The summed E-state index contributed by atoms with van der Waals surface area (Å²) in [6.07, 6.45) is 1.20. The van der Waals surface area contributed by atoms with E-state index in [-0.39, 0.29) is 5.91 Å². The molecule has 2 heterocycles. The van der Waals surface area contributed by atoms with Gasteiger partial charge in [0.1, 0.15) is 10.7 Å². The SMILES string of the molecule is NCc1nc(C(=O)NCC2CCSC2)cs1. The molecule has 1 amide bonds. The number of hydrogen-bond donors (Lipinski definition) is 2. The molecule has 0 aromatic carbocycles. The van der Waals surface area contributed by atoms with Crippen LogP contribution in [0.15, 0.2) is 5.38 Å². The van der Waals surface area contributed by atoms with Crippen molar-refractivity contribution in [3.63, 3.8) is 0 Å². The first-order valence-corrected chi connectivity index (χ1v) is 7.33. The van der Waals surface area contributed by atoms with Crippen molar-refractivity contribution < 1.29 is 4.79 Å². The van der Waals surface area contributed by atoms with Crippen LogP contribution in [-0.4, -0.2) is 28.9 Å². The largest absolute Gasteiger partial charge is 0.350 e. The third kappa shape index (κ3) is 2.96. The Kier molecular flexibility index (Phi) is 4.20. The maximum atomic E-state index is 11.7. The Bertz CT molecular complexity index is 361. The van der Waals surface area contributed by atoms with E-state index in [4.69, 9.17) is 5.73 Å². The lowest BCUT2D eigenvalue weighted by atomic mass is 10.1.